The highest BCUT2D eigenvalue weighted by atomic mass is 15.1. The Morgan fingerprint density at radius 2 is 2.10 bits per heavy atom. The molecule has 1 rings (SSSR count). The Labute approximate surface area is 63.9 Å². The summed E-state index contributed by atoms with van der Waals surface area (Å²) in [5.41, 5.74) is 0.310. The van der Waals surface area contributed by atoms with Crippen molar-refractivity contribution in [2.24, 2.45) is 0 Å². The molecular formula is C7H17BN2. The van der Waals surface area contributed by atoms with Gasteiger partial charge in [-0.25, -0.2) is 0 Å². The largest absolute Gasteiger partial charge is 0.340 e. The molecular weight excluding hydrogens is 123 g/mol. The first kappa shape index (κ1) is 8.09. The van der Waals surface area contributed by atoms with Crippen molar-refractivity contribution in [3.05, 3.63) is 0 Å². The van der Waals surface area contributed by atoms with Crippen LogP contribution >= 0.6 is 0 Å². The minimum Gasteiger partial charge on any atom is -0.340 e. The molecule has 0 amide bonds. The summed E-state index contributed by atoms with van der Waals surface area (Å²) in [6, 6.07) is 0.645. The Morgan fingerprint density at radius 3 is 2.50 bits per heavy atom. The average molecular weight is 140 g/mol. The van der Waals surface area contributed by atoms with E-state index in [9.17, 15) is 0 Å². The molecule has 3 heteroatoms. The van der Waals surface area contributed by atoms with Crippen LogP contribution in [0.4, 0.5) is 0 Å². The van der Waals surface area contributed by atoms with Crippen LogP contribution in [0.5, 0.6) is 0 Å². The van der Waals surface area contributed by atoms with Gasteiger partial charge in [-0.2, -0.15) is 0 Å². The maximum Gasteiger partial charge on any atom is 0.302 e. The molecule has 2 N–H and O–H groups in total. The Kier molecular flexibility index (Phi) is 2.06. The molecule has 1 heterocycles. The van der Waals surface area contributed by atoms with Crippen LogP contribution in [0.15, 0.2) is 0 Å². The first-order chi connectivity index (χ1) is 4.49. The molecule has 0 aromatic heterocycles. The van der Waals surface area contributed by atoms with E-state index >= 15 is 0 Å². The Balaban J connectivity index is 2.51. The van der Waals surface area contributed by atoms with Gasteiger partial charge in [0.25, 0.3) is 0 Å². The Morgan fingerprint density at radius 1 is 1.50 bits per heavy atom. The van der Waals surface area contributed by atoms with E-state index < -0.39 is 0 Å². The third-order valence-corrected chi connectivity index (χ3v) is 1.96. The molecule has 0 bridgehead atoms. The summed E-state index contributed by atoms with van der Waals surface area (Å²) in [7, 11) is 0. The second kappa shape index (κ2) is 2.55. The van der Waals surface area contributed by atoms with E-state index in [0.717, 1.165) is 0 Å². The molecule has 0 radical (unpaired) electrons. The Hall–Kier alpha value is -0.0151. The maximum absolute atomic E-state index is 3.47. The minimum atomic E-state index is 0.310. The molecule has 0 saturated carbocycles. The summed E-state index contributed by atoms with van der Waals surface area (Å²) in [5.74, 6) is 0. The van der Waals surface area contributed by atoms with Crippen molar-refractivity contribution in [3.63, 3.8) is 0 Å². The highest BCUT2D eigenvalue weighted by Gasteiger charge is 2.29. The highest BCUT2D eigenvalue weighted by Crippen LogP contribution is 2.15. The number of rotatable bonds is 0. The van der Waals surface area contributed by atoms with Gasteiger partial charge < -0.3 is 10.5 Å². The summed E-state index contributed by atoms with van der Waals surface area (Å²) >= 11 is 0. The molecule has 0 spiro atoms. The normalized spacial score (nSPS) is 32.4. The zero-order valence-corrected chi connectivity index (χ0v) is 7.36. The summed E-state index contributed by atoms with van der Waals surface area (Å²) in [6.45, 7) is 9.36. The second-order valence-corrected chi connectivity index (χ2v) is 4.02. The fourth-order valence-corrected chi connectivity index (χ4v) is 1.94. The van der Waals surface area contributed by atoms with Crippen molar-refractivity contribution in [2.45, 2.75) is 45.6 Å². The quantitative estimate of drug-likeness (QED) is 0.487. The summed E-state index contributed by atoms with van der Waals surface area (Å²) < 4.78 is 0. The van der Waals surface area contributed by atoms with E-state index in [1.54, 1.807) is 0 Å². The lowest BCUT2D eigenvalue weighted by Crippen LogP contribution is -2.63. The Bertz CT molecular complexity index is 113. The van der Waals surface area contributed by atoms with Crippen molar-refractivity contribution >= 4 is 6.98 Å². The van der Waals surface area contributed by atoms with E-state index in [2.05, 4.69) is 38.0 Å². The maximum atomic E-state index is 3.47. The first-order valence-electron chi connectivity index (χ1n) is 4.03. The van der Waals surface area contributed by atoms with Gasteiger partial charge in [0.05, 0.1) is 0 Å². The fourth-order valence-electron chi connectivity index (χ4n) is 1.94. The van der Waals surface area contributed by atoms with Gasteiger partial charge in [-0.1, -0.05) is 13.7 Å². The third-order valence-electron chi connectivity index (χ3n) is 1.96. The van der Waals surface area contributed by atoms with Gasteiger partial charge >= 0.3 is 6.98 Å². The molecule has 2 nitrogen and oxygen atoms in total. The zero-order valence-electron chi connectivity index (χ0n) is 7.36. The van der Waals surface area contributed by atoms with Crippen LogP contribution in [0, 0.1) is 0 Å². The lowest BCUT2D eigenvalue weighted by atomic mass is 9.71. The van der Waals surface area contributed by atoms with Crippen LogP contribution in [-0.4, -0.2) is 18.6 Å². The van der Waals surface area contributed by atoms with Gasteiger partial charge in [0, 0.05) is 5.54 Å². The van der Waals surface area contributed by atoms with Crippen molar-refractivity contribution < 1.29 is 0 Å². The van der Waals surface area contributed by atoms with E-state index in [1.165, 1.54) is 6.42 Å². The number of nitrogens with one attached hydrogen (secondary N) is 2. The van der Waals surface area contributed by atoms with E-state index in [0.29, 0.717) is 18.6 Å². The van der Waals surface area contributed by atoms with Crippen LogP contribution < -0.4 is 10.5 Å². The average Bonchev–Trinajstić information content (AvgIpc) is 1.54. The predicted molar refractivity (Wildman–Crippen MR) is 46.0 cm³/mol. The van der Waals surface area contributed by atoms with Gasteiger partial charge in [-0.05, 0) is 26.3 Å². The SMILES string of the molecule is CB1NC(C)CC(C)(C)N1. The molecule has 1 atom stereocenters. The van der Waals surface area contributed by atoms with Crippen molar-refractivity contribution in [1.29, 1.82) is 0 Å². The molecule has 58 valence electrons. The minimum absolute atomic E-state index is 0.310. The van der Waals surface area contributed by atoms with Crippen LogP contribution in [0.2, 0.25) is 6.82 Å². The molecule has 1 fully saturated rings. The molecule has 1 aliphatic rings. The number of hydrogen-bond donors (Lipinski definition) is 2. The fraction of sp³-hybridized carbons (Fsp3) is 1.00. The highest BCUT2D eigenvalue weighted by molar-refractivity contribution is 6.52. The van der Waals surface area contributed by atoms with Gasteiger partial charge in [0.15, 0.2) is 0 Å². The molecule has 10 heavy (non-hydrogen) atoms. The first-order valence-corrected chi connectivity index (χ1v) is 4.03. The lowest BCUT2D eigenvalue weighted by molar-refractivity contribution is 0.354. The van der Waals surface area contributed by atoms with Crippen LogP contribution in [-0.2, 0) is 0 Å². The van der Waals surface area contributed by atoms with Crippen LogP contribution in [0.3, 0.4) is 0 Å². The van der Waals surface area contributed by atoms with E-state index in [1.807, 2.05) is 0 Å². The molecule has 0 aromatic rings. The summed E-state index contributed by atoms with van der Waals surface area (Å²) in [4.78, 5) is 0. The molecule has 0 aromatic carbocycles. The zero-order chi connectivity index (χ0) is 7.78. The van der Waals surface area contributed by atoms with Crippen molar-refractivity contribution in [1.82, 2.24) is 10.5 Å². The van der Waals surface area contributed by atoms with Crippen molar-refractivity contribution in [2.75, 3.05) is 0 Å². The van der Waals surface area contributed by atoms with Gasteiger partial charge in [-0.15, -0.1) is 0 Å². The molecule has 0 aliphatic carbocycles. The van der Waals surface area contributed by atoms with Gasteiger partial charge in [0.2, 0.25) is 0 Å². The third kappa shape index (κ3) is 1.99. The predicted octanol–water partition coefficient (Wildman–Crippen LogP) is 0.854. The van der Waals surface area contributed by atoms with Gasteiger partial charge in [0.1, 0.15) is 0 Å². The monoisotopic (exact) mass is 140 g/mol. The topological polar surface area (TPSA) is 24.1 Å². The lowest BCUT2D eigenvalue weighted by Gasteiger charge is -2.38. The second-order valence-electron chi connectivity index (χ2n) is 4.02. The molecule has 1 aliphatic heterocycles. The van der Waals surface area contributed by atoms with E-state index in [4.69, 9.17) is 0 Å². The van der Waals surface area contributed by atoms with Crippen molar-refractivity contribution in [3.8, 4) is 0 Å². The van der Waals surface area contributed by atoms with Crippen LogP contribution in [0.1, 0.15) is 27.2 Å². The summed E-state index contributed by atoms with van der Waals surface area (Å²) in [6.07, 6.45) is 1.21. The van der Waals surface area contributed by atoms with E-state index in [-0.39, 0.29) is 0 Å². The van der Waals surface area contributed by atoms with Gasteiger partial charge in [-0.3, -0.25) is 0 Å². The summed E-state index contributed by atoms with van der Waals surface area (Å²) in [5, 5.41) is 6.90. The number of hydrogen-bond acceptors (Lipinski definition) is 2. The molecule has 1 saturated heterocycles. The van der Waals surface area contributed by atoms with Crippen LogP contribution in [0.25, 0.3) is 0 Å². The smallest absolute Gasteiger partial charge is 0.302 e. The standard InChI is InChI=1S/C7H17BN2/c1-6-5-7(2,3)10-8(4)9-6/h6,9-10H,5H2,1-4H3. The molecule has 1 unspecified atom stereocenters.